The van der Waals surface area contributed by atoms with Crippen LogP contribution in [0, 0.1) is 0 Å². The van der Waals surface area contributed by atoms with Gasteiger partial charge in [0, 0.05) is 23.5 Å². The zero-order valence-corrected chi connectivity index (χ0v) is 14.7. The molecule has 0 bridgehead atoms. The van der Waals surface area contributed by atoms with Crippen molar-refractivity contribution in [2.75, 3.05) is 0 Å². The van der Waals surface area contributed by atoms with Crippen LogP contribution in [0.5, 0.6) is 0 Å². The summed E-state index contributed by atoms with van der Waals surface area (Å²) in [5.74, 6) is 0. The Hall–Kier alpha value is -3.47. The zero-order valence-electron chi connectivity index (χ0n) is 14.7. The van der Waals surface area contributed by atoms with Gasteiger partial charge in [0.2, 0.25) is 0 Å². The first-order valence-electron chi connectivity index (χ1n) is 8.67. The third-order valence-corrected chi connectivity index (χ3v) is 4.45. The van der Waals surface area contributed by atoms with Crippen LogP contribution in [0.1, 0.15) is 5.56 Å². The normalized spacial score (nSPS) is 11.4. The van der Waals surface area contributed by atoms with Crippen molar-refractivity contribution in [1.29, 1.82) is 0 Å². The molecular weight excluding hydrogens is 361 g/mol. The molecule has 0 fully saturated rings. The topological polar surface area (TPSA) is 25.8 Å². The van der Waals surface area contributed by atoms with E-state index in [0.29, 0.717) is 16.8 Å². The van der Waals surface area contributed by atoms with Gasteiger partial charge in [-0.15, -0.1) is 0 Å². The predicted molar refractivity (Wildman–Crippen MR) is 103 cm³/mol. The average molecular weight is 376 g/mol. The van der Waals surface area contributed by atoms with Crippen molar-refractivity contribution in [3.05, 3.63) is 96.8 Å². The fraction of sp³-hybridized carbons (Fsp3) is 0.0435. The second-order valence-corrected chi connectivity index (χ2v) is 6.23. The third kappa shape index (κ3) is 3.51. The van der Waals surface area contributed by atoms with Gasteiger partial charge >= 0.3 is 6.18 Å². The van der Waals surface area contributed by atoms with Crippen molar-refractivity contribution < 1.29 is 13.2 Å². The Kier molecular flexibility index (Phi) is 4.65. The Balaban J connectivity index is 1.97. The molecule has 0 atom stereocenters. The van der Waals surface area contributed by atoms with E-state index in [2.05, 4.69) is 9.97 Å². The molecule has 0 radical (unpaired) electrons. The summed E-state index contributed by atoms with van der Waals surface area (Å²) < 4.78 is 40.0. The number of rotatable bonds is 3. The molecule has 4 aromatic rings. The van der Waals surface area contributed by atoms with Gasteiger partial charge in [-0.1, -0.05) is 42.5 Å². The molecule has 4 rings (SSSR count). The highest BCUT2D eigenvalue weighted by atomic mass is 19.4. The summed E-state index contributed by atoms with van der Waals surface area (Å²) in [7, 11) is 0. The number of pyridine rings is 2. The molecule has 0 aliphatic heterocycles. The number of hydrogen-bond acceptors (Lipinski definition) is 2. The van der Waals surface area contributed by atoms with E-state index in [0.717, 1.165) is 29.0 Å². The molecule has 28 heavy (non-hydrogen) atoms. The molecule has 0 saturated heterocycles. The molecule has 2 nitrogen and oxygen atoms in total. The minimum Gasteiger partial charge on any atom is -0.256 e. The molecule has 0 aliphatic rings. The van der Waals surface area contributed by atoms with Gasteiger partial charge in [-0.25, -0.2) is 0 Å². The quantitative estimate of drug-likeness (QED) is 0.408. The lowest BCUT2D eigenvalue weighted by Crippen LogP contribution is -2.05. The second-order valence-electron chi connectivity index (χ2n) is 6.23. The van der Waals surface area contributed by atoms with Crippen LogP contribution in [0.4, 0.5) is 13.2 Å². The van der Waals surface area contributed by atoms with E-state index in [1.807, 2.05) is 42.5 Å². The summed E-state index contributed by atoms with van der Waals surface area (Å²) in [4.78, 5) is 8.68. The van der Waals surface area contributed by atoms with Gasteiger partial charge in [0.1, 0.15) is 0 Å². The number of benzene rings is 2. The molecule has 0 spiro atoms. The first-order chi connectivity index (χ1) is 13.5. The smallest absolute Gasteiger partial charge is 0.256 e. The van der Waals surface area contributed by atoms with Crippen molar-refractivity contribution in [2.45, 2.75) is 6.18 Å². The highest BCUT2D eigenvalue weighted by Gasteiger charge is 2.31. The van der Waals surface area contributed by atoms with E-state index in [1.165, 1.54) is 6.07 Å². The fourth-order valence-corrected chi connectivity index (χ4v) is 3.15. The summed E-state index contributed by atoms with van der Waals surface area (Å²) in [5, 5.41) is 0. The summed E-state index contributed by atoms with van der Waals surface area (Å²) in [5.41, 5.74) is 3.29. The summed E-state index contributed by atoms with van der Waals surface area (Å²) in [6.07, 6.45) is -1.16. The van der Waals surface area contributed by atoms with Crippen LogP contribution in [0.15, 0.2) is 91.3 Å². The number of hydrogen-bond donors (Lipinski definition) is 0. The number of halogens is 3. The predicted octanol–water partition coefficient (Wildman–Crippen LogP) is 6.50. The van der Waals surface area contributed by atoms with Crippen molar-refractivity contribution >= 4 is 0 Å². The lowest BCUT2D eigenvalue weighted by Gasteiger charge is -2.16. The molecule has 2 aromatic heterocycles. The molecule has 0 N–H and O–H groups in total. The van der Waals surface area contributed by atoms with Gasteiger partial charge in [-0.2, -0.15) is 13.2 Å². The Morgan fingerprint density at radius 2 is 1.07 bits per heavy atom. The van der Waals surface area contributed by atoms with Crippen molar-refractivity contribution in [3.63, 3.8) is 0 Å². The van der Waals surface area contributed by atoms with E-state index in [-0.39, 0.29) is 0 Å². The van der Waals surface area contributed by atoms with Crippen LogP contribution in [0.25, 0.3) is 33.6 Å². The maximum absolute atomic E-state index is 13.3. The van der Waals surface area contributed by atoms with Crippen molar-refractivity contribution in [2.24, 2.45) is 0 Å². The van der Waals surface area contributed by atoms with Gasteiger partial charge in [-0.05, 0) is 47.5 Å². The van der Waals surface area contributed by atoms with Gasteiger partial charge in [0.25, 0.3) is 0 Å². The highest BCUT2D eigenvalue weighted by molar-refractivity contribution is 5.90. The SMILES string of the molecule is FC(F)(F)c1ccc(-c2ccccc2-c2ccccn2)c(-c2ccccn2)c1. The summed E-state index contributed by atoms with van der Waals surface area (Å²) >= 11 is 0. The molecule has 0 amide bonds. The van der Waals surface area contributed by atoms with Gasteiger partial charge in [-0.3, -0.25) is 9.97 Å². The molecule has 138 valence electrons. The van der Waals surface area contributed by atoms with E-state index >= 15 is 0 Å². The minimum absolute atomic E-state index is 0.429. The van der Waals surface area contributed by atoms with Crippen LogP contribution < -0.4 is 0 Å². The molecular formula is C23H15F3N2. The molecule has 2 heterocycles. The van der Waals surface area contributed by atoms with Crippen LogP contribution in [0.2, 0.25) is 0 Å². The van der Waals surface area contributed by atoms with Crippen LogP contribution in [0.3, 0.4) is 0 Å². The Morgan fingerprint density at radius 1 is 0.536 bits per heavy atom. The van der Waals surface area contributed by atoms with Crippen molar-refractivity contribution in [3.8, 4) is 33.6 Å². The first kappa shape index (κ1) is 17.9. The standard InChI is InChI=1S/C23H15F3N2/c24-23(25,26)16-11-12-18(20(15-16)22-10-4-6-14-28-22)17-7-1-2-8-19(17)21-9-3-5-13-27-21/h1-15H. The first-order valence-corrected chi connectivity index (χ1v) is 8.67. The second kappa shape index (κ2) is 7.27. The van der Waals surface area contributed by atoms with Gasteiger partial charge in [0.05, 0.1) is 17.0 Å². The van der Waals surface area contributed by atoms with Crippen molar-refractivity contribution in [1.82, 2.24) is 9.97 Å². The fourth-order valence-electron chi connectivity index (χ4n) is 3.15. The molecule has 2 aromatic carbocycles. The molecule has 5 heteroatoms. The van der Waals surface area contributed by atoms with Crippen LogP contribution >= 0.6 is 0 Å². The maximum atomic E-state index is 13.3. The zero-order chi connectivity index (χ0) is 19.6. The molecule has 0 saturated carbocycles. The number of alkyl halides is 3. The van der Waals surface area contributed by atoms with Gasteiger partial charge in [0.15, 0.2) is 0 Å². The lowest BCUT2D eigenvalue weighted by atomic mass is 9.91. The maximum Gasteiger partial charge on any atom is 0.416 e. The number of aromatic nitrogens is 2. The lowest BCUT2D eigenvalue weighted by molar-refractivity contribution is -0.137. The largest absolute Gasteiger partial charge is 0.416 e. The van der Waals surface area contributed by atoms with Crippen LogP contribution in [-0.2, 0) is 6.18 Å². The Bertz CT molecular complexity index is 1090. The third-order valence-electron chi connectivity index (χ3n) is 4.45. The van der Waals surface area contributed by atoms with Gasteiger partial charge < -0.3 is 0 Å². The molecule has 0 unspecified atom stereocenters. The van der Waals surface area contributed by atoms with E-state index < -0.39 is 11.7 Å². The summed E-state index contributed by atoms with van der Waals surface area (Å²) in [6, 6.07) is 22.1. The van der Waals surface area contributed by atoms with E-state index in [4.69, 9.17) is 0 Å². The van der Waals surface area contributed by atoms with E-state index in [9.17, 15) is 13.2 Å². The highest BCUT2D eigenvalue weighted by Crippen LogP contribution is 2.40. The molecule has 0 aliphatic carbocycles. The average Bonchev–Trinajstić information content (AvgIpc) is 2.74. The van der Waals surface area contributed by atoms with E-state index in [1.54, 1.807) is 30.6 Å². The van der Waals surface area contributed by atoms with Crippen LogP contribution in [-0.4, -0.2) is 9.97 Å². The Labute approximate surface area is 160 Å². The minimum atomic E-state index is -4.43. The number of nitrogens with zero attached hydrogens (tertiary/aromatic N) is 2. The Morgan fingerprint density at radius 3 is 1.64 bits per heavy atom. The summed E-state index contributed by atoms with van der Waals surface area (Å²) in [6.45, 7) is 0. The monoisotopic (exact) mass is 376 g/mol.